The van der Waals surface area contributed by atoms with Gasteiger partial charge in [-0.25, -0.2) is 4.79 Å². The van der Waals surface area contributed by atoms with E-state index in [1.165, 1.54) is 0 Å². The maximum atomic E-state index is 11.9. The van der Waals surface area contributed by atoms with Crippen molar-refractivity contribution in [3.8, 4) is 5.75 Å². The molecule has 0 aliphatic rings. The van der Waals surface area contributed by atoms with Gasteiger partial charge in [-0.05, 0) is 17.9 Å². The molecule has 1 unspecified atom stereocenters. The van der Waals surface area contributed by atoms with Crippen molar-refractivity contribution in [3.63, 3.8) is 0 Å². The lowest BCUT2D eigenvalue weighted by molar-refractivity contribution is -0.131. The van der Waals surface area contributed by atoms with Crippen LogP contribution in [-0.2, 0) is 4.79 Å². The van der Waals surface area contributed by atoms with Gasteiger partial charge in [-0.2, -0.15) is 0 Å². The Kier molecular flexibility index (Phi) is 3.97. The molecule has 0 aromatic heterocycles. The average Bonchev–Trinajstić information content (AvgIpc) is 2.46. The summed E-state index contributed by atoms with van der Waals surface area (Å²) in [5.41, 5.74) is 0.0791. The summed E-state index contributed by atoms with van der Waals surface area (Å²) in [7, 11) is 0. The number of rotatable bonds is 4. The Balaban J connectivity index is 2.27. The van der Waals surface area contributed by atoms with Crippen molar-refractivity contribution in [3.05, 3.63) is 54.6 Å². The van der Waals surface area contributed by atoms with Gasteiger partial charge in [-0.1, -0.05) is 49.9 Å². The molecule has 0 saturated heterocycles. The molecule has 3 nitrogen and oxygen atoms in total. The standard InChI is InChI=1S/C16H16O3/c1-3-14(17)11(2)16(18)19-15-10-6-8-12-7-4-5-9-13(12)15/h4-10,14,17H,2-3H2,1H3. The topological polar surface area (TPSA) is 46.5 Å². The molecule has 0 amide bonds. The quantitative estimate of drug-likeness (QED) is 0.519. The molecule has 98 valence electrons. The number of benzene rings is 2. The number of aliphatic hydroxyl groups excluding tert-OH is 1. The van der Waals surface area contributed by atoms with Crippen molar-refractivity contribution in [1.29, 1.82) is 0 Å². The minimum absolute atomic E-state index is 0.0791. The smallest absolute Gasteiger partial charge is 0.341 e. The largest absolute Gasteiger partial charge is 0.422 e. The molecule has 2 aromatic rings. The van der Waals surface area contributed by atoms with E-state index < -0.39 is 12.1 Å². The van der Waals surface area contributed by atoms with E-state index in [1.807, 2.05) is 36.4 Å². The molecule has 0 radical (unpaired) electrons. The predicted octanol–water partition coefficient (Wildman–Crippen LogP) is 3.07. The first-order valence-corrected chi connectivity index (χ1v) is 6.20. The molecule has 0 bridgehead atoms. The summed E-state index contributed by atoms with van der Waals surface area (Å²) in [6.07, 6.45) is -0.425. The Morgan fingerprint density at radius 3 is 2.68 bits per heavy atom. The Hall–Kier alpha value is -2.13. The second kappa shape index (κ2) is 5.67. The van der Waals surface area contributed by atoms with Crippen LogP contribution in [0.15, 0.2) is 54.6 Å². The molecular formula is C16H16O3. The van der Waals surface area contributed by atoms with E-state index >= 15 is 0 Å². The first-order chi connectivity index (χ1) is 9.13. The van der Waals surface area contributed by atoms with E-state index in [1.54, 1.807) is 13.0 Å². The number of fused-ring (bicyclic) bond motifs is 1. The van der Waals surface area contributed by atoms with Gasteiger partial charge < -0.3 is 9.84 Å². The average molecular weight is 256 g/mol. The molecule has 0 fully saturated rings. The maximum absolute atomic E-state index is 11.9. The fourth-order valence-corrected chi connectivity index (χ4v) is 1.83. The highest BCUT2D eigenvalue weighted by molar-refractivity contribution is 5.95. The number of hydrogen-bond acceptors (Lipinski definition) is 3. The van der Waals surface area contributed by atoms with Gasteiger partial charge >= 0.3 is 5.97 Å². The van der Waals surface area contributed by atoms with Gasteiger partial charge in [-0.3, -0.25) is 0 Å². The molecule has 0 heterocycles. The number of carbonyl (C=O) groups excluding carboxylic acids is 1. The van der Waals surface area contributed by atoms with E-state index in [0.29, 0.717) is 12.2 Å². The number of ether oxygens (including phenoxy) is 1. The lowest BCUT2D eigenvalue weighted by Gasteiger charge is -2.12. The van der Waals surface area contributed by atoms with Crippen LogP contribution in [0.4, 0.5) is 0 Å². The van der Waals surface area contributed by atoms with Crippen LogP contribution in [-0.4, -0.2) is 17.2 Å². The van der Waals surface area contributed by atoms with Crippen molar-refractivity contribution in [1.82, 2.24) is 0 Å². The Morgan fingerprint density at radius 2 is 1.95 bits per heavy atom. The zero-order chi connectivity index (χ0) is 13.8. The number of hydrogen-bond donors (Lipinski definition) is 1. The van der Waals surface area contributed by atoms with Crippen LogP contribution in [0, 0.1) is 0 Å². The summed E-state index contributed by atoms with van der Waals surface area (Å²) in [6, 6.07) is 13.1. The highest BCUT2D eigenvalue weighted by Crippen LogP contribution is 2.26. The highest BCUT2D eigenvalue weighted by Gasteiger charge is 2.17. The lowest BCUT2D eigenvalue weighted by Crippen LogP contribution is -2.20. The van der Waals surface area contributed by atoms with Crippen LogP contribution in [0.1, 0.15) is 13.3 Å². The van der Waals surface area contributed by atoms with Crippen molar-refractivity contribution in [2.45, 2.75) is 19.4 Å². The molecule has 2 rings (SSSR count). The molecule has 2 aromatic carbocycles. The fourth-order valence-electron chi connectivity index (χ4n) is 1.83. The molecule has 1 N–H and O–H groups in total. The van der Waals surface area contributed by atoms with Crippen LogP contribution in [0.5, 0.6) is 5.75 Å². The van der Waals surface area contributed by atoms with Gasteiger partial charge in [0.2, 0.25) is 0 Å². The van der Waals surface area contributed by atoms with Gasteiger partial charge in [0, 0.05) is 5.39 Å². The van der Waals surface area contributed by atoms with E-state index in [0.717, 1.165) is 10.8 Å². The monoisotopic (exact) mass is 256 g/mol. The van der Waals surface area contributed by atoms with Gasteiger partial charge in [-0.15, -0.1) is 0 Å². The van der Waals surface area contributed by atoms with E-state index in [9.17, 15) is 9.90 Å². The summed E-state index contributed by atoms with van der Waals surface area (Å²) in [5.74, 6) is -0.113. The van der Waals surface area contributed by atoms with Gasteiger partial charge in [0.15, 0.2) is 0 Å². The van der Waals surface area contributed by atoms with Crippen LogP contribution >= 0.6 is 0 Å². The zero-order valence-corrected chi connectivity index (χ0v) is 10.8. The van der Waals surface area contributed by atoms with Crippen molar-refractivity contribution < 1.29 is 14.6 Å². The minimum atomic E-state index is -0.859. The minimum Gasteiger partial charge on any atom is -0.422 e. The molecule has 0 aliphatic carbocycles. The van der Waals surface area contributed by atoms with Gasteiger partial charge in [0.25, 0.3) is 0 Å². The molecule has 0 spiro atoms. The third kappa shape index (κ3) is 2.83. The number of aliphatic hydroxyl groups is 1. The second-order valence-corrected chi connectivity index (χ2v) is 4.32. The first-order valence-electron chi connectivity index (χ1n) is 6.20. The highest BCUT2D eigenvalue weighted by atomic mass is 16.5. The van der Waals surface area contributed by atoms with Crippen molar-refractivity contribution >= 4 is 16.7 Å². The molecule has 19 heavy (non-hydrogen) atoms. The van der Waals surface area contributed by atoms with Crippen molar-refractivity contribution in [2.24, 2.45) is 0 Å². The van der Waals surface area contributed by atoms with E-state index in [4.69, 9.17) is 4.74 Å². The first kappa shape index (κ1) is 13.3. The molecule has 0 aliphatic heterocycles. The summed E-state index contributed by atoms with van der Waals surface area (Å²) >= 11 is 0. The summed E-state index contributed by atoms with van der Waals surface area (Å²) in [4.78, 5) is 11.9. The Bertz CT molecular complexity index is 611. The Labute approximate surface area is 112 Å². The van der Waals surface area contributed by atoms with E-state index in [-0.39, 0.29) is 5.57 Å². The normalized spacial score (nSPS) is 12.1. The molecule has 3 heteroatoms. The maximum Gasteiger partial charge on any atom is 0.341 e. The number of esters is 1. The third-order valence-corrected chi connectivity index (χ3v) is 3.00. The van der Waals surface area contributed by atoms with Crippen molar-refractivity contribution in [2.75, 3.05) is 0 Å². The van der Waals surface area contributed by atoms with Crippen LogP contribution < -0.4 is 4.74 Å². The zero-order valence-electron chi connectivity index (χ0n) is 10.8. The summed E-state index contributed by atoms with van der Waals surface area (Å²) < 4.78 is 5.31. The predicted molar refractivity (Wildman–Crippen MR) is 75.0 cm³/mol. The molecule has 0 saturated carbocycles. The molecular weight excluding hydrogens is 240 g/mol. The second-order valence-electron chi connectivity index (χ2n) is 4.32. The Morgan fingerprint density at radius 1 is 1.26 bits per heavy atom. The fraction of sp³-hybridized carbons (Fsp3) is 0.188. The lowest BCUT2D eigenvalue weighted by atomic mass is 10.1. The van der Waals surface area contributed by atoms with Crippen LogP contribution in [0.3, 0.4) is 0 Å². The third-order valence-electron chi connectivity index (χ3n) is 3.00. The van der Waals surface area contributed by atoms with Crippen LogP contribution in [0.25, 0.3) is 10.8 Å². The van der Waals surface area contributed by atoms with Gasteiger partial charge in [0.1, 0.15) is 5.75 Å². The summed E-state index contributed by atoms with van der Waals surface area (Å²) in [6.45, 7) is 5.36. The van der Waals surface area contributed by atoms with E-state index in [2.05, 4.69) is 6.58 Å². The van der Waals surface area contributed by atoms with Crippen LogP contribution in [0.2, 0.25) is 0 Å². The van der Waals surface area contributed by atoms with Gasteiger partial charge in [0.05, 0.1) is 11.7 Å². The number of carbonyl (C=O) groups is 1. The summed E-state index contributed by atoms with van der Waals surface area (Å²) in [5, 5.41) is 11.4. The SMILES string of the molecule is C=C(C(=O)Oc1cccc2ccccc12)C(O)CC. The molecule has 1 atom stereocenters.